The molecule has 1 aromatic heterocycles. The van der Waals surface area contributed by atoms with Gasteiger partial charge in [-0.25, -0.2) is 4.98 Å². The number of hydrogen-bond donors (Lipinski definition) is 0. The van der Waals surface area contributed by atoms with E-state index in [0.29, 0.717) is 18.0 Å². The van der Waals surface area contributed by atoms with Gasteiger partial charge in [0.25, 0.3) is 0 Å². The molecule has 0 spiro atoms. The highest BCUT2D eigenvalue weighted by Crippen LogP contribution is 2.14. The van der Waals surface area contributed by atoms with Crippen LogP contribution in [0.25, 0.3) is 0 Å². The normalized spacial score (nSPS) is 10.8. The highest BCUT2D eigenvalue weighted by Gasteiger charge is 2.12. The van der Waals surface area contributed by atoms with Crippen LogP contribution >= 0.6 is 0 Å². The summed E-state index contributed by atoms with van der Waals surface area (Å²) in [6.07, 6.45) is 2.85. The van der Waals surface area contributed by atoms with Crippen LogP contribution in [0.1, 0.15) is 55.9 Å². The highest BCUT2D eigenvalue weighted by atomic mass is 16.3. The maximum Gasteiger partial charge on any atom is 0.197 e. The van der Waals surface area contributed by atoms with E-state index in [-0.39, 0.29) is 11.7 Å². The predicted molar refractivity (Wildman–Crippen MR) is 49.8 cm³/mol. The fourth-order valence-electron chi connectivity index (χ4n) is 1.04. The van der Waals surface area contributed by atoms with Gasteiger partial charge in [-0.2, -0.15) is 0 Å². The molecule has 0 radical (unpaired) electrons. The first kappa shape index (κ1) is 9.96. The van der Waals surface area contributed by atoms with Crippen LogP contribution < -0.4 is 0 Å². The molecule has 0 saturated heterocycles. The molecule has 0 fully saturated rings. The Morgan fingerprint density at radius 3 is 2.77 bits per heavy atom. The summed E-state index contributed by atoms with van der Waals surface area (Å²) in [7, 11) is 0. The lowest BCUT2D eigenvalue weighted by Crippen LogP contribution is -1.99. The molecule has 0 aliphatic heterocycles. The fourth-order valence-corrected chi connectivity index (χ4v) is 1.04. The number of ketones is 1. The van der Waals surface area contributed by atoms with E-state index in [1.54, 1.807) is 0 Å². The first-order chi connectivity index (χ1) is 6.15. The minimum absolute atomic E-state index is 0.0677. The Morgan fingerprint density at radius 2 is 2.31 bits per heavy atom. The molecule has 0 unspecified atom stereocenters. The average molecular weight is 181 g/mol. The lowest BCUT2D eigenvalue weighted by molar-refractivity contribution is 0.0977. The van der Waals surface area contributed by atoms with Crippen molar-refractivity contribution >= 4 is 5.78 Å². The van der Waals surface area contributed by atoms with Gasteiger partial charge in [-0.3, -0.25) is 4.79 Å². The lowest BCUT2D eigenvalue weighted by atomic mass is 10.2. The van der Waals surface area contributed by atoms with Gasteiger partial charge in [-0.1, -0.05) is 20.8 Å². The van der Waals surface area contributed by atoms with Crippen molar-refractivity contribution in [3.63, 3.8) is 0 Å². The summed E-state index contributed by atoms with van der Waals surface area (Å²) in [5, 5.41) is 0. The minimum Gasteiger partial charge on any atom is -0.448 e. The van der Waals surface area contributed by atoms with Gasteiger partial charge in [0.1, 0.15) is 12.0 Å². The number of rotatable bonds is 4. The quantitative estimate of drug-likeness (QED) is 0.671. The molecule has 1 rings (SSSR count). The zero-order chi connectivity index (χ0) is 9.84. The van der Waals surface area contributed by atoms with Crippen molar-refractivity contribution in [1.82, 2.24) is 4.98 Å². The number of oxazole rings is 1. The summed E-state index contributed by atoms with van der Waals surface area (Å²) in [6.45, 7) is 5.95. The highest BCUT2D eigenvalue weighted by molar-refractivity contribution is 5.93. The molecule has 0 atom stereocenters. The van der Waals surface area contributed by atoms with Gasteiger partial charge in [0.05, 0.1) is 0 Å². The molecule has 0 N–H and O–H groups in total. The second-order valence-corrected chi connectivity index (χ2v) is 3.40. The van der Waals surface area contributed by atoms with Gasteiger partial charge >= 0.3 is 0 Å². The lowest BCUT2D eigenvalue weighted by Gasteiger charge is -1.94. The maximum atomic E-state index is 11.4. The number of nitrogens with zero attached hydrogens (tertiary/aromatic N) is 1. The standard InChI is InChI=1S/C10H15NO2/c1-4-5-9(12)8-6-13-10(11-8)7(2)3/h6-7H,4-5H2,1-3H3. The molecular formula is C10H15NO2. The maximum absolute atomic E-state index is 11.4. The monoisotopic (exact) mass is 181 g/mol. The van der Waals surface area contributed by atoms with E-state index in [2.05, 4.69) is 4.98 Å². The van der Waals surface area contributed by atoms with Crippen LogP contribution in [0.5, 0.6) is 0 Å². The van der Waals surface area contributed by atoms with Crippen LogP contribution in [0.3, 0.4) is 0 Å². The Bertz CT molecular complexity index is 289. The first-order valence-corrected chi connectivity index (χ1v) is 4.63. The topological polar surface area (TPSA) is 43.1 Å². The number of hydrogen-bond acceptors (Lipinski definition) is 3. The van der Waals surface area contributed by atoms with Gasteiger partial charge in [0, 0.05) is 12.3 Å². The Hall–Kier alpha value is -1.12. The molecule has 1 aromatic rings. The number of carbonyl (C=O) groups excluding carboxylic acids is 1. The number of Topliss-reactive ketones (excluding diaryl/α,β-unsaturated/α-hetero) is 1. The van der Waals surface area contributed by atoms with Crippen molar-refractivity contribution in [2.24, 2.45) is 0 Å². The molecular weight excluding hydrogens is 166 g/mol. The zero-order valence-electron chi connectivity index (χ0n) is 8.33. The van der Waals surface area contributed by atoms with E-state index in [9.17, 15) is 4.79 Å². The van der Waals surface area contributed by atoms with Gasteiger partial charge in [0.2, 0.25) is 0 Å². The van der Waals surface area contributed by atoms with Crippen LogP contribution in [0.2, 0.25) is 0 Å². The number of carbonyl (C=O) groups is 1. The third-order valence-corrected chi connectivity index (χ3v) is 1.78. The molecule has 0 bridgehead atoms. The van der Waals surface area contributed by atoms with Crippen molar-refractivity contribution in [2.45, 2.75) is 39.5 Å². The van der Waals surface area contributed by atoms with Crippen molar-refractivity contribution < 1.29 is 9.21 Å². The SMILES string of the molecule is CCCC(=O)c1coc(C(C)C)n1. The molecule has 0 aliphatic rings. The summed E-state index contributed by atoms with van der Waals surface area (Å²) < 4.78 is 5.16. The van der Waals surface area contributed by atoms with E-state index in [1.165, 1.54) is 6.26 Å². The van der Waals surface area contributed by atoms with Crippen molar-refractivity contribution in [3.05, 3.63) is 17.8 Å². The van der Waals surface area contributed by atoms with E-state index in [1.807, 2.05) is 20.8 Å². The Morgan fingerprint density at radius 1 is 1.62 bits per heavy atom. The second-order valence-electron chi connectivity index (χ2n) is 3.40. The molecule has 72 valence electrons. The molecule has 3 heteroatoms. The molecule has 0 aliphatic carbocycles. The molecule has 0 saturated carbocycles. The summed E-state index contributed by atoms with van der Waals surface area (Å²) in [5.41, 5.74) is 0.463. The van der Waals surface area contributed by atoms with Gasteiger partial charge in [-0.05, 0) is 6.42 Å². The van der Waals surface area contributed by atoms with Crippen LogP contribution in [-0.2, 0) is 0 Å². The summed E-state index contributed by atoms with van der Waals surface area (Å²) >= 11 is 0. The van der Waals surface area contributed by atoms with E-state index in [0.717, 1.165) is 6.42 Å². The Balaban J connectivity index is 2.73. The van der Waals surface area contributed by atoms with Crippen LogP contribution in [0.4, 0.5) is 0 Å². The van der Waals surface area contributed by atoms with Gasteiger partial charge in [-0.15, -0.1) is 0 Å². The van der Waals surface area contributed by atoms with Crippen LogP contribution in [-0.4, -0.2) is 10.8 Å². The van der Waals surface area contributed by atoms with Crippen molar-refractivity contribution in [1.29, 1.82) is 0 Å². The largest absolute Gasteiger partial charge is 0.448 e. The fraction of sp³-hybridized carbons (Fsp3) is 0.600. The van der Waals surface area contributed by atoms with Crippen LogP contribution in [0, 0.1) is 0 Å². The molecule has 0 aromatic carbocycles. The summed E-state index contributed by atoms with van der Waals surface area (Å²) in [6, 6.07) is 0. The third kappa shape index (κ3) is 2.41. The Labute approximate surface area is 78.2 Å². The van der Waals surface area contributed by atoms with Crippen molar-refractivity contribution in [3.8, 4) is 0 Å². The summed E-state index contributed by atoms with van der Waals surface area (Å²) in [4.78, 5) is 15.5. The smallest absolute Gasteiger partial charge is 0.197 e. The molecule has 0 amide bonds. The minimum atomic E-state index is 0.0677. The third-order valence-electron chi connectivity index (χ3n) is 1.78. The Kier molecular flexibility index (Phi) is 3.23. The van der Waals surface area contributed by atoms with Gasteiger partial charge in [0.15, 0.2) is 11.7 Å². The summed E-state index contributed by atoms with van der Waals surface area (Å²) in [5.74, 6) is 0.945. The van der Waals surface area contributed by atoms with E-state index >= 15 is 0 Å². The van der Waals surface area contributed by atoms with Gasteiger partial charge < -0.3 is 4.42 Å². The van der Waals surface area contributed by atoms with E-state index in [4.69, 9.17) is 4.42 Å². The average Bonchev–Trinajstić information content (AvgIpc) is 2.52. The van der Waals surface area contributed by atoms with Crippen molar-refractivity contribution in [2.75, 3.05) is 0 Å². The predicted octanol–water partition coefficient (Wildman–Crippen LogP) is 2.78. The first-order valence-electron chi connectivity index (χ1n) is 4.63. The second kappa shape index (κ2) is 4.21. The molecule has 1 heterocycles. The van der Waals surface area contributed by atoms with E-state index < -0.39 is 0 Å². The number of aromatic nitrogens is 1. The molecule has 13 heavy (non-hydrogen) atoms. The van der Waals surface area contributed by atoms with Crippen LogP contribution in [0.15, 0.2) is 10.7 Å². The zero-order valence-corrected chi connectivity index (χ0v) is 8.33. The molecule has 3 nitrogen and oxygen atoms in total.